The molecule has 2 aromatic heterocycles. The number of benzene rings is 1. The van der Waals surface area contributed by atoms with E-state index in [1.807, 2.05) is 42.6 Å². The zero-order valence-corrected chi connectivity index (χ0v) is 12.1. The van der Waals surface area contributed by atoms with Gasteiger partial charge in [-0.25, -0.2) is 4.98 Å². The molecule has 3 aromatic rings. The SMILES string of the molecule is Brc1nc(-c2ccc3c(c2)OCCO3)n2ccccc12. The van der Waals surface area contributed by atoms with Gasteiger partial charge in [0.15, 0.2) is 11.5 Å². The number of hydrogen-bond acceptors (Lipinski definition) is 3. The van der Waals surface area contributed by atoms with E-state index >= 15 is 0 Å². The van der Waals surface area contributed by atoms with Crippen LogP contribution in [0.1, 0.15) is 0 Å². The molecule has 1 aliphatic rings. The Labute approximate surface area is 124 Å². The van der Waals surface area contributed by atoms with Crippen molar-refractivity contribution >= 4 is 21.4 Å². The highest BCUT2D eigenvalue weighted by Crippen LogP contribution is 2.35. The molecule has 0 atom stereocenters. The zero-order chi connectivity index (χ0) is 13.5. The van der Waals surface area contributed by atoms with E-state index in [4.69, 9.17) is 9.47 Å². The maximum absolute atomic E-state index is 5.63. The average molecular weight is 331 g/mol. The molecular formula is C15H11BrN2O2. The van der Waals surface area contributed by atoms with Crippen LogP contribution in [-0.2, 0) is 0 Å². The molecule has 0 saturated heterocycles. The number of rotatable bonds is 1. The third-order valence-corrected chi connectivity index (χ3v) is 3.89. The maximum Gasteiger partial charge on any atom is 0.162 e. The molecule has 0 spiro atoms. The number of imidazole rings is 1. The predicted octanol–water partition coefficient (Wildman–Crippen LogP) is 3.54. The van der Waals surface area contributed by atoms with Gasteiger partial charge in [-0.2, -0.15) is 0 Å². The molecule has 4 rings (SSSR count). The molecule has 0 saturated carbocycles. The van der Waals surface area contributed by atoms with Gasteiger partial charge in [0.2, 0.25) is 0 Å². The molecule has 1 aromatic carbocycles. The van der Waals surface area contributed by atoms with E-state index in [1.165, 1.54) is 0 Å². The fourth-order valence-corrected chi connectivity index (χ4v) is 2.88. The van der Waals surface area contributed by atoms with Crippen molar-refractivity contribution in [2.45, 2.75) is 0 Å². The summed E-state index contributed by atoms with van der Waals surface area (Å²) in [6, 6.07) is 11.9. The van der Waals surface area contributed by atoms with Crippen LogP contribution in [0.4, 0.5) is 0 Å². The van der Waals surface area contributed by atoms with Crippen molar-refractivity contribution in [3.63, 3.8) is 0 Å². The molecule has 0 bridgehead atoms. The fourth-order valence-electron chi connectivity index (χ4n) is 2.39. The summed E-state index contributed by atoms with van der Waals surface area (Å²) in [5.41, 5.74) is 2.04. The molecule has 20 heavy (non-hydrogen) atoms. The Morgan fingerprint density at radius 3 is 2.80 bits per heavy atom. The van der Waals surface area contributed by atoms with Gasteiger partial charge in [-0.15, -0.1) is 0 Å². The summed E-state index contributed by atoms with van der Waals surface area (Å²) in [4.78, 5) is 4.59. The molecule has 1 aliphatic heterocycles. The van der Waals surface area contributed by atoms with Crippen LogP contribution in [0.5, 0.6) is 11.5 Å². The van der Waals surface area contributed by atoms with Crippen molar-refractivity contribution in [1.29, 1.82) is 0 Å². The van der Waals surface area contributed by atoms with Crippen LogP contribution < -0.4 is 9.47 Å². The van der Waals surface area contributed by atoms with E-state index in [0.29, 0.717) is 13.2 Å². The topological polar surface area (TPSA) is 35.8 Å². The minimum atomic E-state index is 0.586. The van der Waals surface area contributed by atoms with Crippen LogP contribution >= 0.6 is 15.9 Å². The van der Waals surface area contributed by atoms with Crippen LogP contribution in [0, 0.1) is 0 Å². The Bertz CT molecular complexity index is 798. The second-order valence-corrected chi connectivity index (χ2v) is 5.29. The quantitative estimate of drug-likeness (QED) is 0.684. The van der Waals surface area contributed by atoms with Crippen molar-refractivity contribution in [1.82, 2.24) is 9.38 Å². The van der Waals surface area contributed by atoms with Gasteiger partial charge in [0.25, 0.3) is 0 Å². The van der Waals surface area contributed by atoms with Crippen LogP contribution in [-0.4, -0.2) is 22.6 Å². The van der Waals surface area contributed by atoms with Gasteiger partial charge in [0, 0.05) is 11.8 Å². The summed E-state index contributed by atoms with van der Waals surface area (Å²) in [7, 11) is 0. The lowest BCUT2D eigenvalue weighted by molar-refractivity contribution is 0.171. The number of fused-ring (bicyclic) bond motifs is 2. The summed E-state index contributed by atoms with van der Waals surface area (Å²) >= 11 is 3.50. The molecule has 0 unspecified atom stereocenters. The second kappa shape index (κ2) is 4.52. The maximum atomic E-state index is 5.63. The molecule has 3 heterocycles. The second-order valence-electron chi connectivity index (χ2n) is 4.54. The third-order valence-electron chi connectivity index (χ3n) is 3.30. The lowest BCUT2D eigenvalue weighted by Crippen LogP contribution is -2.15. The Kier molecular flexibility index (Phi) is 2.67. The normalized spacial score (nSPS) is 13.7. The summed E-state index contributed by atoms with van der Waals surface area (Å²) in [5.74, 6) is 2.45. The third kappa shape index (κ3) is 1.78. The van der Waals surface area contributed by atoms with E-state index in [9.17, 15) is 0 Å². The van der Waals surface area contributed by atoms with Crippen molar-refractivity contribution in [3.8, 4) is 22.9 Å². The number of aromatic nitrogens is 2. The summed E-state index contributed by atoms with van der Waals surface area (Å²) in [6.45, 7) is 1.19. The van der Waals surface area contributed by atoms with Crippen LogP contribution in [0.2, 0.25) is 0 Å². The largest absolute Gasteiger partial charge is 0.486 e. The van der Waals surface area contributed by atoms with Gasteiger partial charge in [0.1, 0.15) is 23.6 Å². The lowest BCUT2D eigenvalue weighted by Gasteiger charge is -2.18. The first-order chi connectivity index (χ1) is 9.83. The van der Waals surface area contributed by atoms with Gasteiger partial charge < -0.3 is 9.47 Å². The first kappa shape index (κ1) is 11.8. The van der Waals surface area contributed by atoms with Crippen molar-refractivity contribution in [3.05, 3.63) is 47.2 Å². The van der Waals surface area contributed by atoms with Crippen molar-refractivity contribution < 1.29 is 9.47 Å². The number of pyridine rings is 1. The zero-order valence-electron chi connectivity index (χ0n) is 10.5. The van der Waals surface area contributed by atoms with E-state index < -0.39 is 0 Å². The standard InChI is InChI=1S/C15H11BrN2O2/c16-14-11-3-1-2-6-18(11)15(17-14)10-4-5-12-13(9-10)20-8-7-19-12/h1-6,9H,7-8H2. The average Bonchev–Trinajstić information content (AvgIpc) is 2.85. The van der Waals surface area contributed by atoms with E-state index in [2.05, 4.69) is 25.3 Å². The molecule has 0 N–H and O–H groups in total. The molecule has 0 fully saturated rings. The summed E-state index contributed by atoms with van der Waals surface area (Å²) in [5, 5.41) is 0. The first-order valence-corrected chi connectivity index (χ1v) is 7.15. The van der Waals surface area contributed by atoms with Crippen LogP contribution in [0.25, 0.3) is 16.9 Å². The molecule has 100 valence electrons. The number of ether oxygens (including phenoxy) is 2. The van der Waals surface area contributed by atoms with Gasteiger partial charge in [-0.1, -0.05) is 6.07 Å². The highest BCUT2D eigenvalue weighted by molar-refractivity contribution is 9.10. The van der Waals surface area contributed by atoms with Gasteiger partial charge in [-0.3, -0.25) is 4.40 Å². The Morgan fingerprint density at radius 2 is 1.90 bits per heavy atom. The van der Waals surface area contributed by atoms with Gasteiger partial charge in [0.05, 0.1) is 5.52 Å². The smallest absolute Gasteiger partial charge is 0.162 e. The molecule has 5 heteroatoms. The van der Waals surface area contributed by atoms with Crippen molar-refractivity contribution in [2.75, 3.05) is 13.2 Å². The predicted molar refractivity (Wildman–Crippen MR) is 79.3 cm³/mol. The minimum Gasteiger partial charge on any atom is -0.486 e. The van der Waals surface area contributed by atoms with Crippen LogP contribution in [0.3, 0.4) is 0 Å². The Morgan fingerprint density at radius 1 is 1.05 bits per heavy atom. The van der Waals surface area contributed by atoms with E-state index in [1.54, 1.807) is 0 Å². The summed E-state index contributed by atoms with van der Waals surface area (Å²) < 4.78 is 14.1. The Balaban J connectivity index is 1.91. The van der Waals surface area contributed by atoms with Crippen LogP contribution in [0.15, 0.2) is 47.2 Å². The number of nitrogens with zero attached hydrogens (tertiary/aromatic N) is 2. The Hall–Kier alpha value is -2.01. The number of halogens is 1. The molecule has 4 nitrogen and oxygen atoms in total. The monoisotopic (exact) mass is 330 g/mol. The van der Waals surface area contributed by atoms with Gasteiger partial charge >= 0.3 is 0 Å². The molecule has 0 radical (unpaired) electrons. The molecule has 0 aliphatic carbocycles. The minimum absolute atomic E-state index is 0.586. The lowest BCUT2D eigenvalue weighted by atomic mass is 10.2. The van der Waals surface area contributed by atoms with E-state index in [0.717, 1.165) is 33.0 Å². The number of hydrogen-bond donors (Lipinski definition) is 0. The fraction of sp³-hybridized carbons (Fsp3) is 0.133. The van der Waals surface area contributed by atoms with Crippen molar-refractivity contribution in [2.24, 2.45) is 0 Å². The molecular weight excluding hydrogens is 320 g/mol. The van der Waals surface area contributed by atoms with E-state index in [-0.39, 0.29) is 0 Å². The van der Waals surface area contributed by atoms with Gasteiger partial charge in [-0.05, 0) is 46.3 Å². The first-order valence-electron chi connectivity index (χ1n) is 6.35. The molecule has 0 amide bonds. The highest BCUT2D eigenvalue weighted by atomic mass is 79.9. The highest BCUT2D eigenvalue weighted by Gasteiger charge is 2.15. The summed E-state index contributed by atoms with van der Waals surface area (Å²) in [6.07, 6.45) is 2.00.